The number of hydrogen-bond donors (Lipinski definition) is 4. The molecule has 5 N–H and O–H groups in total. The highest BCUT2D eigenvalue weighted by Gasteiger charge is 2.22. The maximum Gasteiger partial charge on any atom is 0.254 e. The SMILES string of the molecule is CC[S+]([O-])Nc1ccc(-c2n[nH]c(Nc3cnccn3)c2C(N)=O)cc1OCc1cccc(Cl)c1. The second-order valence-electron chi connectivity index (χ2n) is 7.27. The van der Waals surface area contributed by atoms with Gasteiger partial charge in [0, 0.05) is 23.0 Å². The number of benzene rings is 2. The average molecular weight is 512 g/mol. The Hall–Kier alpha value is -3.80. The van der Waals surface area contributed by atoms with Crippen molar-refractivity contribution in [3.63, 3.8) is 0 Å². The third-order valence-corrected chi connectivity index (χ3v) is 6.06. The fourth-order valence-corrected chi connectivity index (χ4v) is 4.00. The number of aromatic amines is 1. The van der Waals surface area contributed by atoms with Gasteiger partial charge in [-0.25, -0.2) is 9.71 Å². The van der Waals surface area contributed by atoms with Crippen molar-refractivity contribution in [3.05, 3.63) is 77.2 Å². The van der Waals surface area contributed by atoms with E-state index in [1.54, 1.807) is 37.3 Å². The second-order valence-corrected chi connectivity index (χ2v) is 9.18. The zero-order chi connectivity index (χ0) is 24.8. The van der Waals surface area contributed by atoms with E-state index in [1.165, 1.54) is 18.6 Å². The molecule has 4 rings (SSSR count). The molecule has 0 saturated carbocycles. The lowest BCUT2D eigenvalue weighted by atomic mass is 10.1. The van der Waals surface area contributed by atoms with Crippen molar-refractivity contribution in [1.29, 1.82) is 0 Å². The average Bonchev–Trinajstić information content (AvgIpc) is 3.27. The molecular formula is C23H22ClN7O3S. The Morgan fingerprint density at radius 3 is 2.83 bits per heavy atom. The van der Waals surface area contributed by atoms with Crippen molar-refractivity contribution in [2.45, 2.75) is 13.5 Å². The van der Waals surface area contributed by atoms with Crippen LogP contribution in [0.25, 0.3) is 11.3 Å². The van der Waals surface area contributed by atoms with Crippen LogP contribution in [-0.2, 0) is 18.0 Å². The van der Waals surface area contributed by atoms with Crippen molar-refractivity contribution in [2.75, 3.05) is 15.8 Å². The molecule has 0 aliphatic carbocycles. The Bertz CT molecular complexity index is 1320. The predicted octanol–water partition coefficient (Wildman–Crippen LogP) is 4.04. The third-order valence-electron chi connectivity index (χ3n) is 4.85. The van der Waals surface area contributed by atoms with E-state index in [0.29, 0.717) is 39.3 Å². The predicted molar refractivity (Wildman–Crippen MR) is 136 cm³/mol. The van der Waals surface area contributed by atoms with Crippen LogP contribution >= 0.6 is 11.6 Å². The first kappa shape index (κ1) is 24.3. The number of primary amides is 1. The van der Waals surface area contributed by atoms with Crippen molar-refractivity contribution in [3.8, 4) is 17.0 Å². The summed E-state index contributed by atoms with van der Waals surface area (Å²) < 4.78 is 21.1. The standard InChI is InChI=1S/C23H22ClN7O3S/c1-2-35(33)31-17-7-6-15(11-18(17)34-13-14-4-3-5-16(24)10-14)21-20(22(25)32)23(30-29-21)28-19-12-26-8-9-27-19/h3-12,31H,2,13H2,1H3,(H2,25,32)(H2,27,28,29,30). The number of rotatable bonds is 10. The van der Waals surface area contributed by atoms with Crippen molar-refractivity contribution < 1.29 is 14.1 Å². The molecule has 4 aromatic rings. The van der Waals surface area contributed by atoms with E-state index in [0.717, 1.165) is 5.56 Å². The van der Waals surface area contributed by atoms with Gasteiger partial charge in [-0.1, -0.05) is 29.8 Å². The van der Waals surface area contributed by atoms with Gasteiger partial charge in [-0.3, -0.25) is 14.9 Å². The van der Waals surface area contributed by atoms with E-state index in [9.17, 15) is 9.35 Å². The minimum absolute atomic E-state index is 0.147. The highest BCUT2D eigenvalue weighted by Crippen LogP contribution is 2.35. The van der Waals surface area contributed by atoms with Crippen molar-refractivity contribution in [2.24, 2.45) is 5.73 Å². The molecule has 12 heteroatoms. The number of H-pyrrole nitrogens is 1. The minimum Gasteiger partial charge on any atom is -0.593 e. The molecule has 2 aromatic carbocycles. The van der Waals surface area contributed by atoms with Gasteiger partial charge in [-0.05, 0) is 36.8 Å². The molecule has 10 nitrogen and oxygen atoms in total. The molecule has 0 aliphatic rings. The molecule has 2 heterocycles. The number of carbonyl (C=O) groups is 1. The smallest absolute Gasteiger partial charge is 0.254 e. The Morgan fingerprint density at radius 2 is 2.11 bits per heavy atom. The van der Waals surface area contributed by atoms with Crippen molar-refractivity contribution in [1.82, 2.24) is 20.2 Å². The Balaban J connectivity index is 1.68. The van der Waals surface area contributed by atoms with E-state index in [1.807, 2.05) is 12.1 Å². The van der Waals surface area contributed by atoms with Gasteiger partial charge in [0.05, 0.1) is 17.6 Å². The van der Waals surface area contributed by atoms with E-state index < -0.39 is 17.3 Å². The largest absolute Gasteiger partial charge is 0.593 e. The molecule has 180 valence electrons. The zero-order valence-corrected chi connectivity index (χ0v) is 20.2. The highest BCUT2D eigenvalue weighted by atomic mass is 35.5. The number of carbonyl (C=O) groups excluding carboxylic acids is 1. The van der Waals surface area contributed by atoms with Gasteiger partial charge in [-0.2, -0.15) is 5.10 Å². The Labute approximate surface area is 209 Å². The molecule has 2 aromatic heterocycles. The molecule has 1 unspecified atom stereocenters. The summed E-state index contributed by atoms with van der Waals surface area (Å²) in [6.45, 7) is 2.03. The van der Waals surface area contributed by atoms with Gasteiger partial charge in [0.2, 0.25) is 0 Å². The monoisotopic (exact) mass is 511 g/mol. The first-order valence-corrected chi connectivity index (χ1v) is 12.2. The molecule has 0 aliphatic heterocycles. The highest BCUT2D eigenvalue weighted by molar-refractivity contribution is 7.92. The number of amides is 1. The van der Waals surface area contributed by atoms with E-state index >= 15 is 0 Å². The van der Waals surface area contributed by atoms with Crippen LogP contribution in [0.4, 0.5) is 17.3 Å². The summed E-state index contributed by atoms with van der Waals surface area (Å²) in [5.41, 5.74) is 8.10. The first-order chi connectivity index (χ1) is 16.9. The van der Waals surface area contributed by atoms with Gasteiger partial charge in [0.15, 0.2) is 0 Å². The number of nitrogens with two attached hydrogens (primary N) is 1. The molecule has 0 saturated heterocycles. The van der Waals surface area contributed by atoms with Crippen LogP contribution in [0.5, 0.6) is 5.75 Å². The maximum absolute atomic E-state index is 12.3. The van der Waals surface area contributed by atoms with Gasteiger partial charge < -0.3 is 20.3 Å². The van der Waals surface area contributed by atoms with Gasteiger partial charge >= 0.3 is 0 Å². The fraction of sp³-hybridized carbons (Fsp3) is 0.130. The Kier molecular flexibility index (Phi) is 7.70. The lowest BCUT2D eigenvalue weighted by Crippen LogP contribution is -2.15. The molecule has 35 heavy (non-hydrogen) atoms. The van der Waals surface area contributed by atoms with Crippen LogP contribution in [0.3, 0.4) is 0 Å². The lowest BCUT2D eigenvalue weighted by Gasteiger charge is -2.16. The van der Waals surface area contributed by atoms with Gasteiger partial charge in [-0.15, -0.1) is 0 Å². The fourth-order valence-electron chi connectivity index (χ4n) is 3.23. The number of aromatic nitrogens is 4. The van der Waals surface area contributed by atoms with Crippen LogP contribution in [0, 0.1) is 0 Å². The van der Waals surface area contributed by atoms with Crippen LogP contribution < -0.4 is 20.5 Å². The van der Waals surface area contributed by atoms with Gasteiger partial charge in [0.25, 0.3) is 5.91 Å². The van der Waals surface area contributed by atoms with Crippen LogP contribution in [0.1, 0.15) is 22.8 Å². The van der Waals surface area contributed by atoms with Crippen LogP contribution in [0.2, 0.25) is 5.02 Å². The van der Waals surface area contributed by atoms with E-state index in [4.69, 9.17) is 22.1 Å². The normalized spacial score (nSPS) is 11.6. The molecule has 0 radical (unpaired) electrons. The molecule has 1 atom stereocenters. The minimum atomic E-state index is -1.29. The summed E-state index contributed by atoms with van der Waals surface area (Å²) in [6.07, 6.45) is 4.55. The number of ether oxygens (including phenoxy) is 1. The zero-order valence-electron chi connectivity index (χ0n) is 18.6. The molecule has 0 spiro atoms. The van der Waals surface area contributed by atoms with E-state index in [2.05, 4.69) is 30.2 Å². The summed E-state index contributed by atoms with van der Waals surface area (Å²) >= 11 is 4.79. The molecule has 0 fully saturated rings. The van der Waals surface area contributed by atoms with Crippen LogP contribution in [-0.4, -0.2) is 36.4 Å². The summed E-state index contributed by atoms with van der Waals surface area (Å²) in [5.74, 6) is 0.848. The van der Waals surface area contributed by atoms with Crippen molar-refractivity contribution >= 4 is 46.2 Å². The summed E-state index contributed by atoms with van der Waals surface area (Å²) in [4.78, 5) is 20.5. The number of hydrogen-bond acceptors (Lipinski definition) is 8. The number of nitrogens with zero attached hydrogens (tertiary/aromatic N) is 3. The first-order valence-electron chi connectivity index (χ1n) is 10.5. The summed E-state index contributed by atoms with van der Waals surface area (Å²) in [7, 11) is 0. The number of nitrogens with one attached hydrogen (secondary N) is 3. The summed E-state index contributed by atoms with van der Waals surface area (Å²) in [5, 5.41) is 10.6. The maximum atomic E-state index is 12.3. The van der Waals surface area contributed by atoms with Crippen LogP contribution in [0.15, 0.2) is 61.1 Å². The third kappa shape index (κ3) is 6.01. The van der Waals surface area contributed by atoms with E-state index in [-0.39, 0.29) is 18.0 Å². The molecule has 1 amide bonds. The quantitative estimate of drug-likeness (QED) is 0.232. The number of anilines is 3. The number of halogens is 1. The summed E-state index contributed by atoms with van der Waals surface area (Å²) in [6, 6.07) is 12.4. The topological polar surface area (TPSA) is 154 Å². The molecule has 0 bridgehead atoms. The van der Waals surface area contributed by atoms with Gasteiger partial charge in [0.1, 0.15) is 46.7 Å². The Morgan fingerprint density at radius 1 is 1.26 bits per heavy atom. The second kappa shape index (κ2) is 11.1. The lowest BCUT2D eigenvalue weighted by molar-refractivity contribution is 0.100. The molecular weight excluding hydrogens is 490 g/mol.